The van der Waals surface area contributed by atoms with E-state index in [1.807, 2.05) is 0 Å². The fourth-order valence-electron chi connectivity index (χ4n) is 1.91. The molecule has 0 aliphatic carbocycles. The van der Waals surface area contributed by atoms with Crippen molar-refractivity contribution in [1.82, 2.24) is 0 Å². The maximum absolute atomic E-state index is 12.0. The minimum atomic E-state index is -0.787. The molecule has 0 bridgehead atoms. The number of nitrogens with one attached hydrogen (secondary N) is 1. The largest absolute Gasteiger partial charge is 0.497 e. The number of primary amides is 1. The zero-order valence-corrected chi connectivity index (χ0v) is 12.7. The molecule has 0 saturated heterocycles. The number of carbonyl (C=O) groups is 2. The van der Waals surface area contributed by atoms with Gasteiger partial charge in [0.2, 0.25) is 0 Å². The van der Waals surface area contributed by atoms with Gasteiger partial charge >= 0.3 is 6.09 Å². The Morgan fingerprint density at radius 2 is 1.74 bits per heavy atom. The number of nitrogens with two attached hydrogens (primary N) is 1. The highest BCUT2D eigenvalue weighted by molar-refractivity contribution is 5.97. The fraction of sp³-hybridized carbons (Fsp3) is 0.125. The summed E-state index contributed by atoms with van der Waals surface area (Å²) in [4.78, 5) is 23.4. The Morgan fingerprint density at radius 1 is 1.00 bits per heavy atom. The first-order valence-corrected chi connectivity index (χ1v) is 6.65. The third kappa shape index (κ3) is 3.91. The van der Waals surface area contributed by atoms with Gasteiger partial charge in [-0.2, -0.15) is 0 Å². The Balaban J connectivity index is 2.19. The standard InChI is InChI=1S/C16H16N2O5/c1-21-10-7-8-14(22-2)12(9-10)18-16(20)23-13-6-4-3-5-11(13)15(17)19/h3-9H,1-2H3,(H2,17,19)(H,18,20). The van der Waals surface area contributed by atoms with Crippen molar-refractivity contribution in [1.29, 1.82) is 0 Å². The molecule has 3 N–H and O–H groups in total. The molecule has 0 aromatic heterocycles. The van der Waals surface area contributed by atoms with Gasteiger partial charge < -0.3 is 19.9 Å². The molecule has 0 heterocycles. The number of methoxy groups -OCH3 is 2. The van der Waals surface area contributed by atoms with Gasteiger partial charge in [0.15, 0.2) is 0 Å². The van der Waals surface area contributed by atoms with Crippen LogP contribution in [0.25, 0.3) is 0 Å². The number of ether oxygens (including phenoxy) is 3. The number of benzene rings is 2. The van der Waals surface area contributed by atoms with Gasteiger partial charge in [-0.05, 0) is 24.3 Å². The number of para-hydroxylation sites is 1. The van der Waals surface area contributed by atoms with Gasteiger partial charge in [-0.3, -0.25) is 10.1 Å². The number of rotatable bonds is 5. The second-order valence-electron chi connectivity index (χ2n) is 4.44. The summed E-state index contributed by atoms with van der Waals surface area (Å²) in [6.07, 6.45) is -0.787. The molecule has 2 aromatic rings. The van der Waals surface area contributed by atoms with E-state index in [1.165, 1.54) is 26.4 Å². The van der Waals surface area contributed by atoms with Gasteiger partial charge in [-0.25, -0.2) is 4.79 Å². The Hall–Kier alpha value is -3.22. The molecule has 120 valence electrons. The SMILES string of the molecule is COc1ccc(OC)c(NC(=O)Oc2ccccc2C(N)=O)c1. The van der Waals surface area contributed by atoms with Crippen LogP contribution >= 0.6 is 0 Å². The Kier molecular flexibility index (Phi) is 5.03. The van der Waals surface area contributed by atoms with Crippen molar-refractivity contribution in [2.45, 2.75) is 0 Å². The molecule has 0 fully saturated rings. The highest BCUT2D eigenvalue weighted by atomic mass is 16.6. The van der Waals surface area contributed by atoms with Gasteiger partial charge in [0, 0.05) is 6.07 Å². The fourth-order valence-corrected chi connectivity index (χ4v) is 1.91. The molecule has 0 radical (unpaired) electrons. The van der Waals surface area contributed by atoms with Crippen LogP contribution < -0.4 is 25.3 Å². The van der Waals surface area contributed by atoms with Crippen molar-refractivity contribution < 1.29 is 23.8 Å². The van der Waals surface area contributed by atoms with E-state index >= 15 is 0 Å². The summed E-state index contributed by atoms with van der Waals surface area (Å²) < 4.78 is 15.4. The van der Waals surface area contributed by atoms with Gasteiger partial charge in [0.25, 0.3) is 5.91 Å². The summed E-state index contributed by atoms with van der Waals surface area (Å²) in [5, 5.41) is 2.53. The van der Waals surface area contributed by atoms with Crippen molar-refractivity contribution in [3.63, 3.8) is 0 Å². The zero-order chi connectivity index (χ0) is 16.8. The first-order chi connectivity index (χ1) is 11.0. The monoisotopic (exact) mass is 316 g/mol. The molecule has 0 unspecified atom stereocenters. The minimum absolute atomic E-state index is 0.0689. The summed E-state index contributed by atoms with van der Waals surface area (Å²) >= 11 is 0. The molecule has 7 nitrogen and oxygen atoms in total. The van der Waals surface area contributed by atoms with Crippen molar-refractivity contribution in [3.05, 3.63) is 48.0 Å². The average molecular weight is 316 g/mol. The third-order valence-electron chi connectivity index (χ3n) is 3.00. The van der Waals surface area contributed by atoms with Crippen molar-refractivity contribution in [2.24, 2.45) is 5.73 Å². The summed E-state index contributed by atoms with van der Waals surface area (Å²) in [5.41, 5.74) is 5.72. The smallest absolute Gasteiger partial charge is 0.417 e. The van der Waals surface area contributed by atoms with E-state index in [0.717, 1.165) is 0 Å². The van der Waals surface area contributed by atoms with Gasteiger partial charge in [-0.15, -0.1) is 0 Å². The van der Waals surface area contributed by atoms with E-state index < -0.39 is 12.0 Å². The molecule has 2 aromatic carbocycles. The highest BCUT2D eigenvalue weighted by Gasteiger charge is 2.14. The Bertz CT molecular complexity index is 730. The summed E-state index contributed by atoms with van der Waals surface area (Å²) in [7, 11) is 2.98. The highest BCUT2D eigenvalue weighted by Crippen LogP contribution is 2.29. The second-order valence-corrected chi connectivity index (χ2v) is 4.44. The molecule has 23 heavy (non-hydrogen) atoms. The first-order valence-electron chi connectivity index (χ1n) is 6.65. The molecule has 0 aliphatic heterocycles. The van der Waals surface area contributed by atoms with Crippen LogP contribution in [0.15, 0.2) is 42.5 Å². The van der Waals surface area contributed by atoms with Crippen molar-refractivity contribution in [3.8, 4) is 17.2 Å². The second kappa shape index (κ2) is 7.17. The lowest BCUT2D eigenvalue weighted by Crippen LogP contribution is -2.20. The molecule has 0 atom stereocenters. The van der Waals surface area contributed by atoms with Crippen LogP contribution in [0.3, 0.4) is 0 Å². The van der Waals surface area contributed by atoms with Crippen LogP contribution in [0.5, 0.6) is 17.2 Å². The van der Waals surface area contributed by atoms with Crippen molar-refractivity contribution in [2.75, 3.05) is 19.5 Å². The molecular formula is C16H16N2O5. The van der Waals surface area contributed by atoms with E-state index in [0.29, 0.717) is 17.2 Å². The lowest BCUT2D eigenvalue weighted by atomic mass is 10.2. The molecule has 0 spiro atoms. The molecule has 0 saturated carbocycles. The first kappa shape index (κ1) is 16.2. The van der Waals surface area contributed by atoms with E-state index in [-0.39, 0.29) is 11.3 Å². The van der Waals surface area contributed by atoms with Crippen LogP contribution in [-0.2, 0) is 0 Å². The number of carbonyl (C=O) groups excluding carboxylic acids is 2. The number of hydrogen-bond donors (Lipinski definition) is 2. The maximum Gasteiger partial charge on any atom is 0.417 e. The van der Waals surface area contributed by atoms with Crippen LogP contribution in [-0.4, -0.2) is 26.2 Å². The lowest BCUT2D eigenvalue weighted by Gasteiger charge is -2.12. The minimum Gasteiger partial charge on any atom is -0.497 e. The predicted octanol–water partition coefficient (Wildman–Crippen LogP) is 2.41. The molecule has 0 aliphatic rings. The van der Waals surface area contributed by atoms with Crippen LogP contribution in [0, 0.1) is 0 Å². The molecule has 7 heteroatoms. The predicted molar refractivity (Wildman–Crippen MR) is 84.2 cm³/mol. The Morgan fingerprint density at radius 3 is 2.39 bits per heavy atom. The lowest BCUT2D eigenvalue weighted by molar-refractivity contribution is 0.0998. The van der Waals surface area contributed by atoms with Crippen LogP contribution in [0.2, 0.25) is 0 Å². The van der Waals surface area contributed by atoms with E-state index in [2.05, 4.69) is 5.32 Å². The number of anilines is 1. The van der Waals surface area contributed by atoms with E-state index in [1.54, 1.807) is 30.3 Å². The summed E-state index contributed by atoms with van der Waals surface area (Å²) in [5.74, 6) is 0.358. The molecule has 2 amide bonds. The van der Waals surface area contributed by atoms with E-state index in [9.17, 15) is 9.59 Å². The molecule has 2 rings (SSSR count). The van der Waals surface area contributed by atoms with Crippen LogP contribution in [0.4, 0.5) is 10.5 Å². The van der Waals surface area contributed by atoms with E-state index in [4.69, 9.17) is 19.9 Å². The summed E-state index contributed by atoms with van der Waals surface area (Å²) in [6, 6.07) is 11.1. The summed E-state index contributed by atoms with van der Waals surface area (Å²) in [6.45, 7) is 0. The topological polar surface area (TPSA) is 99.9 Å². The Labute approximate surface area is 133 Å². The van der Waals surface area contributed by atoms with Crippen LogP contribution in [0.1, 0.15) is 10.4 Å². The zero-order valence-electron chi connectivity index (χ0n) is 12.7. The van der Waals surface area contributed by atoms with Gasteiger partial charge in [-0.1, -0.05) is 12.1 Å². The third-order valence-corrected chi connectivity index (χ3v) is 3.00. The van der Waals surface area contributed by atoms with Gasteiger partial charge in [0.1, 0.15) is 17.2 Å². The molecular weight excluding hydrogens is 300 g/mol. The van der Waals surface area contributed by atoms with Crippen molar-refractivity contribution >= 4 is 17.7 Å². The maximum atomic E-state index is 12.0. The van der Waals surface area contributed by atoms with Gasteiger partial charge in [0.05, 0.1) is 25.5 Å². The quantitative estimate of drug-likeness (QED) is 0.882. The number of hydrogen-bond acceptors (Lipinski definition) is 5. The average Bonchev–Trinajstić information content (AvgIpc) is 2.55. The number of amides is 2. The normalized spacial score (nSPS) is 9.83.